The first-order valence-electron chi connectivity index (χ1n) is 7.14. The Bertz CT molecular complexity index is 859. The van der Waals surface area contributed by atoms with Crippen molar-refractivity contribution in [2.45, 2.75) is 27.2 Å². The van der Waals surface area contributed by atoms with Gasteiger partial charge in [0.2, 0.25) is 0 Å². The molecule has 3 aromatic rings. The van der Waals surface area contributed by atoms with Gasteiger partial charge >= 0.3 is 0 Å². The number of nitrogens with zero attached hydrogens (tertiary/aromatic N) is 1. The third-order valence-corrected chi connectivity index (χ3v) is 4.66. The maximum atomic E-state index is 4.90. The first-order valence-corrected chi connectivity index (χ1v) is 7.14. The van der Waals surface area contributed by atoms with Crippen molar-refractivity contribution in [2.24, 2.45) is 0 Å². The number of pyridine rings is 1. The predicted octanol–water partition coefficient (Wildman–Crippen LogP) is 4.73. The molecule has 0 saturated carbocycles. The summed E-state index contributed by atoms with van der Waals surface area (Å²) in [5.41, 5.74) is 10.6. The van der Waals surface area contributed by atoms with E-state index in [1.807, 2.05) is 0 Å². The Kier molecular flexibility index (Phi) is 2.29. The third-order valence-electron chi connectivity index (χ3n) is 4.66. The van der Waals surface area contributed by atoms with Crippen molar-refractivity contribution in [1.29, 1.82) is 0 Å². The molecule has 1 heterocycles. The second-order valence-corrected chi connectivity index (χ2v) is 5.83. The Morgan fingerprint density at radius 3 is 2.60 bits per heavy atom. The molecule has 0 amide bonds. The lowest BCUT2D eigenvalue weighted by Gasteiger charge is -2.07. The zero-order valence-electron chi connectivity index (χ0n) is 12.1. The van der Waals surface area contributed by atoms with E-state index < -0.39 is 0 Å². The zero-order valence-corrected chi connectivity index (χ0v) is 12.1. The first-order chi connectivity index (χ1) is 9.65. The van der Waals surface area contributed by atoms with Crippen LogP contribution in [0.25, 0.3) is 22.0 Å². The van der Waals surface area contributed by atoms with Gasteiger partial charge in [0.05, 0.1) is 11.2 Å². The Labute approximate surface area is 119 Å². The summed E-state index contributed by atoms with van der Waals surface area (Å²) in [4.78, 5) is 4.90. The Hall–Kier alpha value is -2.15. The smallest absolute Gasteiger partial charge is 0.0708 e. The van der Waals surface area contributed by atoms with E-state index in [2.05, 4.69) is 57.2 Å². The third kappa shape index (κ3) is 1.46. The second kappa shape index (κ2) is 3.92. The van der Waals surface area contributed by atoms with Gasteiger partial charge in [-0.05, 0) is 60.7 Å². The van der Waals surface area contributed by atoms with Crippen LogP contribution in [-0.4, -0.2) is 4.98 Å². The lowest BCUT2D eigenvalue weighted by Crippen LogP contribution is -1.91. The highest BCUT2D eigenvalue weighted by Gasteiger charge is 2.22. The molecular weight excluding hydrogens is 242 g/mol. The number of hydrogen-bond donors (Lipinski definition) is 0. The maximum Gasteiger partial charge on any atom is 0.0708 e. The average Bonchev–Trinajstić information content (AvgIpc) is 2.80. The number of aromatic nitrogens is 1. The Morgan fingerprint density at radius 2 is 1.75 bits per heavy atom. The molecule has 0 fully saturated rings. The molecule has 0 saturated heterocycles. The minimum Gasteiger partial charge on any atom is -0.252 e. The molecule has 4 rings (SSSR count). The van der Waals surface area contributed by atoms with E-state index in [1.54, 1.807) is 0 Å². The highest BCUT2D eigenvalue weighted by atomic mass is 14.7. The van der Waals surface area contributed by atoms with Gasteiger partial charge in [0.1, 0.15) is 0 Å². The van der Waals surface area contributed by atoms with Crippen LogP contribution in [0.2, 0.25) is 0 Å². The number of benzene rings is 2. The van der Waals surface area contributed by atoms with Gasteiger partial charge in [-0.15, -0.1) is 0 Å². The predicted molar refractivity (Wildman–Crippen MR) is 84.2 cm³/mol. The van der Waals surface area contributed by atoms with Crippen LogP contribution >= 0.6 is 0 Å². The molecule has 1 nitrogen and oxygen atoms in total. The molecule has 20 heavy (non-hydrogen) atoms. The zero-order chi connectivity index (χ0) is 13.9. The molecule has 2 aromatic carbocycles. The highest BCUT2D eigenvalue weighted by molar-refractivity contribution is 5.90. The van der Waals surface area contributed by atoms with Crippen molar-refractivity contribution in [3.8, 4) is 11.1 Å². The molecule has 1 aliphatic rings. The first kappa shape index (κ1) is 11.7. The molecular formula is C19H17N. The standard InChI is InChI=1S/C19H17N/c1-11-7-8-14-16(13(11)3)10-19-17(14)9-15-12(2)5-4-6-18(15)20-19/h4-9H,10H2,1-3H3. The van der Waals surface area contributed by atoms with Crippen LogP contribution < -0.4 is 0 Å². The van der Waals surface area contributed by atoms with Crippen LogP contribution in [0.4, 0.5) is 0 Å². The molecule has 1 aromatic heterocycles. The van der Waals surface area contributed by atoms with E-state index in [0.29, 0.717) is 0 Å². The fourth-order valence-electron chi connectivity index (χ4n) is 3.27. The van der Waals surface area contributed by atoms with E-state index >= 15 is 0 Å². The van der Waals surface area contributed by atoms with Crippen LogP contribution in [-0.2, 0) is 6.42 Å². The van der Waals surface area contributed by atoms with Gasteiger partial charge in [-0.3, -0.25) is 4.98 Å². The topological polar surface area (TPSA) is 12.9 Å². The molecule has 98 valence electrons. The van der Waals surface area contributed by atoms with Gasteiger partial charge in [-0.2, -0.15) is 0 Å². The summed E-state index contributed by atoms with van der Waals surface area (Å²) in [6, 6.07) is 13.2. The monoisotopic (exact) mass is 259 g/mol. The van der Waals surface area contributed by atoms with Gasteiger partial charge in [-0.25, -0.2) is 0 Å². The molecule has 0 radical (unpaired) electrons. The van der Waals surface area contributed by atoms with E-state index in [1.165, 1.54) is 44.5 Å². The van der Waals surface area contributed by atoms with Crippen molar-refractivity contribution in [2.75, 3.05) is 0 Å². The normalized spacial score (nSPS) is 12.6. The molecule has 0 spiro atoms. The lowest BCUT2D eigenvalue weighted by atomic mass is 9.97. The van der Waals surface area contributed by atoms with Gasteiger partial charge in [0, 0.05) is 17.4 Å². The minimum absolute atomic E-state index is 0.974. The summed E-state index contributed by atoms with van der Waals surface area (Å²) in [6.07, 6.45) is 0.974. The van der Waals surface area contributed by atoms with E-state index in [0.717, 1.165) is 11.9 Å². The summed E-state index contributed by atoms with van der Waals surface area (Å²) in [5.74, 6) is 0. The van der Waals surface area contributed by atoms with Gasteiger partial charge in [0.15, 0.2) is 0 Å². The van der Waals surface area contributed by atoms with E-state index in [4.69, 9.17) is 4.98 Å². The molecule has 1 heteroatoms. The van der Waals surface area contributed by atoms with Crippen LogP contribution in [0.5, 0.6) is 0 Å². The molecule has 0 aliphatic heterocycles. The minimum atomic E-state index is 0.974. The van der Waals surface area contributed by atoms with Gasteiger partial charge in [0.25, 0.3) is 0 Å². The average molecular weight is 259 g/mol. The number of hydrogen-bond acceptors (Lipinski definition) is 1. The SMILES string of the molecule is Cc1ccc2c(c1C)Cc1nc3cccc(C)c3cc1-2. The van der Waals surface area contributed by atoms with Gasteiger partial charge in [-0.1, -0.05) is 24.3 Å². The van der Waals surface area contributed by atoms with Crippen molar-refractivity contribution in [3.05, 3.63) is 64.3 Å². The summed E-state index contributed by atoms with van der Waals surface area (Å²) >= 11 is 0. The van der Waals surface area contributed by atoms with Gasteiger partial charge < -0.3 is 0 Å². The summed E-state index contributed by atoms with van der Waals surface area (Å²) in [7, 11) is 0. The second-order valence-electron chi connectivity index (χ2n) is 5.83. The van der Waals surface area contributed by atoms with Crippen LogP contribution in [0.1, 0.15) is 27.9 Å². The van der Waals surface area contributed by atoms with Crippen molar-refractivity contribution >= 4 is 10.9 Å². The maximum absolute atomic E-state index is 4.90. The number of fused-ring (bicyclic) bond motifs is 4. The van der Waals surface area contributed by atoms with Crippen LogP contribution in [0.15, 0.2) is 36.4 Å². The fraction of sp³-hybridized carbons (Fsp3) is 0.211. The quantitative estimate of drug-likeness (QED) is 0.445. The number of aryl methyl sites for hydroxylation is 2. The molecule has 0 bridgehead atoms. The molecule has 0 atom stereocenters. The van der Waals surface area contributed by atoms with Crippen LogP contribution in [0.3, 0.4) is 0 Å². The summed E-state index contributed by atoms with van der Waals surface area (Å²) in [5, 5.41) is 1.28. The molecule has 0 N–H and O–H groups in total. The highest BCUT2D eigenvalue weighted by Crippen LogP contribution is 2.39. The fourth-order valence-corrected chi connectivity index (χ4v) is 3.27. The van der Waals surface area contributed by atoms with E-state index in [9.17, 15) is 0 Å². The molecule has 0 unspecified atom stereocenters. The van der Waals surface area contributed by atoms with Crippen molar-refractivity contribution in [3.63, 3.8) is 0 Å². The van der Waals surface area contributed by atoms with Crippen LogP contribution in [0, 0.1) is 20.8 Å². The Morgan fingerprint density at radius 1 is 0.900 bits per heavy atom. The summed E-state index contributed by atoms with van der Waals surface area (Å²) in [6.45, 7) is 6.57. The van der Waals surface area contributed by atoms with Crippen molar-refractivity contribution in [1.82, 2.24) is 4.98 Å². The van der Waals surface area contributed by atoms with Crippen molar-refractivity contribution < 1.29 is 0 Å². The largest absolute Gasteiger partial charge is 0.252 e. The molecule has 1 aliphatic carbocycles. The Balaban J connectivity index is 2.06. The van der Waals surface area contributed by atoms with E-state index in [-0.39, 0.29) is 0 Å². The summed E-state index contributed by atoms with van der Waals surface area (Å²) < 4.78 is 0. The lowest BCUT2D eigenvalue weighted by molar-refractivity contribution is 1.12. The number of rotatable bonds is 0.